The first-order valence-corrected chi connectivity index (χ1v) is 26.1. The molecule has 10 heteroatoms. The third kappa shape index (κ3) is 11.1. The molecule has 4 aromatic rings. The van der Waals surface area contributed by atoms with Gasteiger partial charge in [0.2, 0.25) is 17.2 Å². The number of rotatable bonds is 21. The van der Waals surface area contributed by atoms with Crippen molar-refractivity contribution in [3.05, 3.63) is 155 Å². The van der Waals surface area contributed by atoms with Crippen LogP contribution in [0, 0.1) is 0 Å². The Kier molecular flexibility index (Phi) is 16.2. The molecule has 2 amide bonds. The van der Waals surface area contributed by atoms with Gasteiger partial charge in [-0.25, -0.2) is 0 Å². The topological polar surface area (TPSA) is 125 Å². The molecule has 4 aliphatic carbocycles. The molecule has 9 rings (SSSR count). The van der Waals surface area contributed by atoms with Gasteiger partial charge in [0.1, 0.15) is 17.3 Å². The van der Waals surface area contributed by atoms with Crippen LogP contribution in [0.4, 0.5) is 17.1 Å². The van der Waals surface area contributed by atoms with Crippen molar-refractivity contribution in [3.8, 4) is 11.5 Å². The smallest absolute Gasteiger partial charge is 0.261 e. The maximum Gasteiger partial charge on any atom is 0.261 e. The average Bonchev–Trinajstić information content (AvgIpc) is 3.64. The van der Waals surface area contributed by atoms with Crippen molar-refractivity contribution >= 4 is 45.9 Å². The van der Waals surface area contributed by atoms with Crippen molar-refractivity contribution < 1.29 is 33.5 Å². The predicted octanol–water partition coefficient (Wildman–Crippen LogP) is 12.7. The minimum atomic E-state index is -0.192. The predicted molar refractivity (Wildman–Crippen MR) is 279 cm³/mol. The summed E-state index contributed by atoms with van der Waals surface area (Å²) in [5.41, 5.74) is 13.1. The second kappa shape index (κ2) is 23.4. The number of ether oxygens (including phenoxy) is 2. The molecule has 10 nitrogen and oxygen atoms in total. The van der Waals surface area contributed by atoms with E-state index in [1.807, 2.05) is 36.4 Å². The van der Waals surface area contributed by atoms with Gasteiger partial charge in [-0.2, -0.15) is 4.58 Å². The van der Waals surface area contributed by atoms with Crippen LogP contribution in [-0.2, 0) is 4.79 Å². The maximum absolute atomic E-state index is 13.9. The molecule has 4 aromatic carbocycles. The van der Waals surface area contributed by atoms with Crippen LogP contribution in [0.1, 0.15) is 142 Å². The Balaban J connectivity index is 0.823. The molecular weight excluding hydrogens is 873 g/mol. The van der Waals surface area contributed by atoms with Crippen LogP contribution in [0.5, 0.6) is 11.5 Å². The molecule has 1 aliphatic heterocycles. The number of nitrogens with zero attached hydrogens (tertiary/aromatic N) is 3. The third-order valence-electron chi connectivity index (χ3n) is 14.7. The fourth-order valence-electron chi connectivity index (χ4n) is 10.9. The van der Waals surface area contributed by atoms with Gasteiger partial charge in [-0.1, -0.05) is 75.6 Å². The number of fused-ring (bicyclic) bond motifs is 1. The zero-order valence-corrected chi connectivity index (χ0v) is 40.7. The second-order valence-electron chi connectivity index (χ2n) is 19.5. The summed E-state index contributed by atoms with van der Waals surface area (Å²) in [7, 11) is 0. The van der Waals surface area contributed by atoms with Crippen LogP contribution in [0.15, 0.2) is 138 Å². The van der Waals surface area contributed by atoms with Gasteiger partial charge in [0.25, 0.3) is 11.8 Å². The summed E-state index contributed by atoms with van der Waals surface area (Å²) in [5.74, 6) is 1.22. The van der Waals surface area contributed by atoms with E-state index in [1.54, 1.807) is 24.3 Å². The largest absolute Gasteiger partial charge is 0.506 e. The molecule has 3 N–H and O–H groups in total. The number of benzene rings is 4. The molecule has 5 aliphatic rings. The van der Waals surface area contributed by atoms with Crippen LogP contribution in [-0.4, -0.2) is 76.3 Å². The molecule has 364 valence electrons. The molecule has 0 aromatic heterocycles. The minimum absolute atomic E-state index is 0.0470. The number of hydrogen-bond acceptors (Lipinski definition) is 8. The summed E-state index contributed by atoms with van der Waals surface area (Å²) in [6, 6.07) is 32.7. The van der Waals surface area contributed by atoms with Gasteiger partial charge in [0, 0.05) is 61.1 Å². The summed E-state index contributed by atoms with van der Waals surface area (Å²) in [4.78, 5) is 43.0. The molecule has 0 bridgehead atoms. The van der Waals surface area contributed by atoms with Crippen LogP contribution in [0.25, 0.3) is 5.57 Å². The SMILES string of the molecule is NCCCCCCOc1ccc(N(c2ccc(C3=C(O)C(=C4C=CC(=[N+](c5ccc(OCCCCCCN6C(=O)c7ccccc7C6=O)cc5)C5CCCCC5)C=C4)C3=O)cc2)C2CCCCC2)cc1. The lowest BCUT2D eigenvalue weighted by atomic mass is 9.80. The number of carbonyl (C=O) groups is 3. The Morgan fingerprint density at radius 3 is 1.69 bits per heavy atom. The monoisotopic (exact) mass is 942 g/mol. The zero-order chi connectivity index (χ0) is 48.2. The Morgan fingerprint density at radius 1 is 0.586 bits per heavy atom. The number of ketones is 1. The normalized spacial score (nSPS) is 17.4. The quantitative estimate of drug-likeness (QED) is 0.0366. The summed E-state index contributed by atoms with van der Waals surface area (Å²) < 4.78 is 14.6. The first kappa shape index (κ1) is 48.5. The van der Waals surface area contributed by atoms with E-state index >= 15 is 0 Å². The van der Waals surface area contributed by atoms with E-state index in [1.165, 1.54) is 43.4 Å². The number of anilines is 2. The highest BCUT2D eigenvalue weighted by molar-refractivity contribution is 6.39. The molecule has 0 saturated heterocycles. The van der Waals surface area contributed by atoms with Gasteiger partial charge in [-0.3, -0.25) is 19.3 Å². The van der Waals surface area contributed by atoms with E-state index in [2.05, 4.69) is 70.2 Å². The maximum atomic E-state index is 13.9. The Bertz CT molecular complexity index is 2590. The van der Waals surface area contributed by atoms with Gasteiger partial charge in [-0.15, -0.1) is 0 Å². The highest BCUT2D eigenvalue weighted by Gasteiger charge is 2.38. The number of carbonyl (C=O) groups excluding carboxylic acids is 3. The first-order valence-electron chi connectivity index (χ1n) is 26.1. The number of unbranched alkanes of at least 4 members (excludes halogenated alkanes) is 6. The summed E-state index contributed by atoms with van der Waals surface area (Å²) in [6.07, 6.45) is 27.7. The lowest BCUT2D eigenvalue weighted by Crippen LogP contribution is -2.33. The zero-order valence-electron chi connectivity index (χ0n) is 40.7. The summed E-state index contributed by atoms with van der Waals surface area (Å²) >= 11 is 0. The molecule has 70 heavy (non-hydrogen) atoms. The number of Topliss-reactive ketones (excluding diaryl/α,β-unsaturated/α-hetero) is 1. The Hall–Kier alpha value is -6.52. The number of allylic oxidation sites excluding steroid dienone is 7. The molecular formula is C60H69N4O6+. The second-order valence-corrected chi connectivity index (χ2v) is 19.5. The highest BCUT2D eigenvalue weighted by atomic mass is 16.5. The van der Waals surface area contributed by atoms with Crippen LogP contribution in [0.2, 0.25) is 0 Å². The van der Waals surface area contributed by atoms with Gasteiger partial charge in [0.05, 0.1) is 35.5 Å². The number of aliphatic hydroxyl groups is 1. The fraction of sp³-hybridized carbons (Fsp3) is 0.400. The first-order chi connectivity index (χ1) is 34.4. The third-order valence-corrected chi connectivity index (χ3v) is 14.7. The molecule has 0 spiro atoms. The van der Waals surface area contributed by atoms with E-state index in [0.717, 1.165) is 123 Å². The van der Waals surface area contributed by atoms with Crippen LogP contribution < -0.4 is 20.1 Å². The number of imide groups is 1. The van der Waals surface area contributed by atoms with Crippen molar-refractivity contribution in [1.29, 1.82) is 0 Å². The van der Waals surface area contributed by atoms with Crippen molar-refractivity contribution in [2.75, 3.05) is 31.2 Å². The average molecular weight is 942 g/mol. The molecule has 2 saturated carbocycles. The van der Waals surface area contributed by atoms with Gasteiger partial charge < -0.3 is 25.2 Å². The van der Waals surface area contributed by atoms with Gasteiger partial charge in [0.15, 0.2) is 6.04 Å². The minimum Gasteiger partial charge on any atom is -0.506 e. The van der Waals surface area contributed by atoms with Crippen LogP contribution in [0.3, 0.4) is 0 Å². The molecule has 0 atom stereocenters. The van der Waals surface area contributed by atoms with Crippen molar-refractivity contribution in [2.24, 2.45) is 5.73 Å². The molecule has 0 radical (unpaired) electrons. The molecule has 2 fully saturated rings. The van der Waals surface area contributed by atoms with Gasteiger partial charge in [-0.05, 0) is 142 Å². The molecule has 1 heterocycles. The Labute approximate surface area is 413 Å². The van der Waals surface area contributed by atoms with Crippen molar-refractivity contribution in [2.45, 2.75) is 128 Å². The lowest BCUT2D eigenvalue weighted by Gasteiger charge is -2.36. The highest BCUT2D eigenvalue weighted by Crippen LogP contribution is 2.41. The summed E-state index contributed by atoms with van der Waals surface area (Å²) in [6.45, 7) is 2.48. The fourth-order valence-corrected chi connectivity index (χ4v) is 10.9. The molecule has 0 unspecified atom stereocenters. The van der Waals surface area contributed by atoms with E-state index in [-0.39, 0.29) is 23.4 Å². The van der Waals surface area contributed by atoms with E-state index in [9.17, 15) is 19.5 Å². The summed E-state index contributed by atoms with van der Waals surface area (Å²) in [5, 5.41) is 11.5. The standard InChI is InChI=1S/C60H68N4O6/c61-39-13-1-3-15-41-69-51-35-31-49(32-36-51)63(45-17-7-5-8-18-45)47-27-23-43(24-28-47)55-57(65)56(58(55)66)44-25-29-48(30-26-44)64(46-19-9-6-10-20-46)50-33-37-52(38-34-50)70-42-16-4-2-14-40-62-59(67)53-21-11-12-22-54(53)60(62)68/h11-12,21-38,45-46H,1-10,13-20,39-42,61H2/p+1. The van der Waals surface area contributed by atoms with E-state index in [4.69, 9.17) is 15.2 Å². The number of hydrogen-bond donors (Lipinski definition) is 2. The number of aliphatic hydroxyl groups excluding tert-OH is 1. The lowest BCUT2D eigenvalue weighted by molar-refractivity contribution is -0.488. The number of nitrogens with two attached hydrogens (primary N) is 1. The number of amides is 2. The van der Waals surface area contributed by atoms with Crippen molar-refractivity contribution in [3.63, 3.8) is 0 Å². The Morgan fingerprint density at radius 2 is 1.11 bits per heavy atom. The van der Waals surface area contributed by atoms with E-state index in [0.29, 0.717) is 59.7 Å². The van der Waals surface area contributed by atoms with E-state index < -0.39 is 0 Å². The van der Waals surface area contributed by atoms with Crippen LogP contribution >= 0.6 is 0 Å². The van der Waals surface area contributed by atoms with Gasteiger partial charge >= 0.3 is 0 Å². The van der Waals surface area contributed by atoms with Crippen molar-refractivity contribution in [1.82, 2.24) is 4.90 Å².